The summed E-state index contributed by atoms with van der Waals surface area (Å²) < 4.78 is 31.0. The van der Waals surface area contributed by atoms with Crippen LogP contribution >= 0.6 is 0 Å². The third-order valence-corrected chi connectivity index (χ3v) is 9.45. The molecule has 5 nitrogen and oxygen atoms in total. The molecule has 3 saturated heterocycles. The molecule has 1 aromatic rings. The van der Waals surface area contributed by atoms with E-state index in [2.05, 4.69) is 43.4 Å². The maximum Gasteiger partial charge on any atom is 0.163 e. The summed E-state index contributed by atoms with van der Waals surface area (Å²) in [5.41, 5.74) is 0. The van der Waals surface area contributed by atoms with Gasteiger partial charge in [-0.1, -0.05) is 48.6 Å². The molecular formula is C22H34O5Si. The molecule has 0 bridgehead atoms. The van der Waals surface area contributed by atoms with Crippen molar-refractivity contribution in [3.05, 3.63) is 30.3 Å². The Morgan fingerprint density at radius 1 is 0.893 bits per heavy atom. The van der Waals surface area contributed by atoms with Crippen LogP contribution in [-0.4, -0.2) is 56.8 Å². The Hall–Kier alpha value is -0.763. The lowest BCUT2D eigenvalue weighted by atomic mass is 9.99. The van der Waals surface area contributed by atoms with Gasteiger partial charge in [0.05, 0.1) is 26.9 Å². The first-order valence-corrected chi connectivity index (χ1v) is 13.6. The number of fused-ring (bicyclic) bond motifs is 1. The second-order valence-electron chi connectivity index (χ2n) is 9.92. The Morgan fingerprint density at radius 3 is 2.21 bits per heavy atom. The third kappa shape index (κ3) is 4.22. The minimum atomic E-state index is -1.60. The molecule has 0 unspecified atom stereocenters. The number of benzene rings is 1. The average molecular weight is 407 g/mol. The quantitative estimate of drug-likeness (QED) is 0.717. The summed E-state index contributed by atoms with van der Waals surface area (Å²) >= 11 is 0. The Bertz CT molecular complexity index is 689. The maximum absolute atomic E-state index is 6.56. The minimum absolute atomic E-state index is 0.0339. The largest absolute Gasteiger partial charge is 0.370 e. The Kier molecular flexibility index (Phi) is 5.26. The molecule has 0 saturated carbocycles. The molecule has 0 aromatic heterocycles. The Morgan fingerprint density at radius 2 is 1.57 bits per heavy atom. The third-order valence-electron chi connectivity index (χ3n) is 6.08. The van der Waals surface area contributed by atoms with Gasteiger partial charge in [0.1, 0.15) is 18.3 Å². The zero-order chi connectivity index (χ0) is 20.2. The lowest BCUT2D eigenvalue weighted by Crippen LogP contribution is -2.57. The molecule has 0 spiro atoms. The monoisotopic (exact) mass is 406 g/mol. The van der Waals surface area contributed by atoms with Gasteiger partial charge in [-0.3, -0.25) is 0 Å². The lowest BCUT2D eigenvalue weighted by Gasteiger charge is -2.44. The molecule has 0 amide bonds. The van der Waals surface area contributed by atoms with Crippen molar-refractivity contribution in [3.8, 4) is 0 Å². The zero-order valence-corrected chi connectivity index (χ0v) is 18.9. The van der Waals surface area contributed by atoms with Gasteiger partial charge in [0.15, 0.2) is 11.6 Å². The molecular weight excluding hydrogens is 372 g/mol. The van der Waals surface area contributed by atoms with Crippen LogP contribution in [0.15, 0.2) is 30.3 Å². The molecule has 0 aliphatic carbocycles. The van der Waals surface area contributed by atoms with Crippen molar-refractivity contribution in [2.24, 2.45) is 0 Å². The second-order valence-corrected chi connectivity index (χ2v) is 14.7. The fourth-order valence-electron chi connectivity index (χ4n) is 4.82. The highest BCUT2D eigenvalue weighted by Gasteiger charge is 2.55. The summed E-state index contributed by atoms with van der Waals surface area (Å²) in [6, 6.07) is 11.9. The van der Waals surface area contributed by atoms with E-state index in [0.717, 1.165) is 12.5 Å². The van der Waals surface area contributed by atoms with E-state index in [1.165, 1.54) is 5.19 Å². The van der Waals surface area contributed by atoms with Crippen molar-refractivity contribution in [3.63, 3.8) is 0 Å². The van der Waals surface area contributed by atoms with Gasteiger partial charge in [-0.25, -0.2) is 0 Å². The van der Waals surface area contributed by atoms with Crippen molar-refractivity contribution in [1.82, 2.24) is 0 Å². The number of hydrogen-bond donors (Lipinski definition) is 0. The molecule has 1 aromatic carbocycles. The SMILES string of the molecule is CC1(C)OC[C@@H]([C@@H]2OC(C)(C)O[C@@H]3C[C@H](C[Si](C)(C)c4ccccc4)O[C@H]23)O1. The van der Waals surface area contributed by atoms with E-state index in [1.807, 2.05) is 27.7 Å². The van der Waals surface area contributed by atoms with Crippen LogP contribution in [0.2, 0.25) is 19.1 Å². The summed E-state index contributed by atoms with van der Waals surface area (Å²) in [5.74, 6) is -1.22. The predicted octanol–water partition coefficient (Wildman–Crippen LogP) is 3.43. The van der Waals surface area contributed by atoms with Crippen LogP contribution in [0.5, 0.6) is 0 Å². The summed E-state index contributed by atoms with van der Waals surface area (Å²) in [4.78, 5) is 0. The summed E-state index contributed by atoms with van der Waals surface area (Å²) in [7, 11) is -1.60. The van der Waals surface area contributed by atoms with Crippen LogP contribution < -0.4 is 5.19 Å². The van der Waals surface area contributed by atoms with Crippen LogP contribution in [0.3, 0.4) is 0 Å². The molecule has 5 atom stereocenters. The fourth-order valence-corrected chi connectivity index (χ4v) is 7.55. The van der Waals surface area contributed by atoms with E-state index in [9.17, 15) is 0 Å². The summed E-state index contributed by atoms with van der Waals surface area (Å²) in [6.07, 6.45) is 0.708. The number of hydrogen-bond acceptors (Lipinski definition) is 5. The van der Waals surface area contributed by atoms with Crippen molar-refractivity contribution < 1.29 is 23.7 Å². The Labute approximate surface area is 169 Å². The van der Waals surface area contributed by atoms with Crippen LogP contribution in [0.4, 0.5) is 0 Å². The highest BCUT2D eigenvalue weighted by molar-refractivity contribution is 6.89. The molecule has 4 rings (SSSR count). The summed E-state index contributed by atoms with van der Waals surface area (Å²) in [6.45, 7) is 13.2. The minimum Gasteiger partial charge on any atom is -0.370 e. The van der Waals surface area contributed by atoms with Crippen LogP contribution in [0, 0.1) is 0 Å². The van der Waals surface area contributed by atoms with Gasteiger partial charge in [0.25, 0.3) is 0 Å². The van der Waals surface area contributed by atoms with Crippen LogP contribution in [-0.2, 0) is 23.7 Å². The zero-order valence-electron chi connectivity index (χ0n) is 17.9. The van der Waals surface area contributed by atoms with E-state index in [0.29, 0.717) is 6.61 Å². The first kappa shape index (κ1) is 20.5. The van der Waals surface area contributed by atoms with Crippen LogP contribution in [0.25, 0.3) is 0 Å². The lowest BCUT2D eigenvalue weighted by molar-refractivity contribution is -0.337. The van der Waals surface area contributed by atoms with Crippen molar-refractivity contribution >= 4 is 13.3 Å². The first-order valence-electron chi connectivity index (χ1n) is 10.4. The normalized spacial score (nSPS) is 37.0. The molecule has 156 valence electrons. The Balaban J connectivity index is 1.49. The van der Waals surface area contributed by atoms with Gasteiger partial charge in [-0.2, -0.15) is 0 Å². The predicted molar refractivity (Wildman–Crippen MR) is 110 cm³/mol. The van der Waals surface area contributed by atoms with E-state index in [4.69, 9.17) is 23.7 Å². The van der Waals surface area contributed by atoms with Gasteiger partial charge in [0, 0.05) is 6.42 Å². The average Bonchev–Trinajstić information content (AvgIpc) is 3.15. The molecule has 6 heteroatoms. The van der Waals surface area contributed by atoms with Gasteiger partial charge in [-0.05, 0) is 33.7 Å². The highest BCUT2D eigenvalue weighted by atomic mass is 28.3. The van der Waals surface area contributed by atoms with E-state index in [1.54, 1.807) is 0 Å². The molecule has 0 N–H and O–H groups in total. The smallest absolute Gasteiger partial charge is 0.163 e. The van der Waals surface area contributed by atoms with Gasteiger partial charge in [-0.15, -0.1) is 0 Å². The second kappa shape index (κ2) is 7.18. The topological polar surface area (TPSA) is 46.2 Å². The first-order chi connectivity index (χ1) is 13.0. The molecule has 3 aliphatic rings. The van der Waals surface area contributed by atoms with E-state index in [-0.39, 0.29) is 30.5 Å². The maximum atomic E-state index is 6.56. The van der Waals surface area contributed by atoms with Gasteiger partial charge in [0.2, 0.25) is 0 Å². The summed E-state index contributed by atoms with van der Waals surface area (Å²) in [5, 5.41) is 1.47. The molecule has 3 heterocycles. The standard InChI is InChI=1S/C22H34O5Si/c1-21(2)23-13-18(26-21)20-19-17(25-22(3,4)27-20)12-15(24-19)14-28(5,6)16-10-8-7-9-11-16/h7-11,15,17-20H,12-14H2,1-6H3/t15-,17-,18+,19+,20+/m1/s1. The highest BCUT2D eigenvalue weighted by Crippen LogP contribution is 2.42. The molecule has 0 radical (unpaired) electrons. The van der Waals surface area contributed by atoms with E-state index < -0.39 is 19.6 Å². The molecule has 3 fully saturated rings. The van der Waals surface area contributed by atoms with Crippen LogP contribution in [0.1, 0.15) is 34.1 Å². The number of ether oxygens (including phenoxy) is 5. The number of rotatable bonds is 4. The van der Waals surface area contributed by atoms with E-state index >= 15 is 0 Å². The van der Waals surface area contributed by atoms with Gasteiger partial charge < -0.3 is 23.7 Å². The fraction of sp³-hybridized carbons (Fsp3) is 0.727. The van der Waals surface area contributed by atoms with Crippen molar-refractivity contribution in [2.45, 2.75) is 95.3 Å². The molecule has 28 heavy (non-hydrogen) atoms. The van der Waals surface area contributed by atoms with Gasteiger partial charge >= 0.3 is 0 Å². The molecule has 3 aliphatic heterocycles. The van der Waals surface area contributed by atoms with Crippen molar-refractivity contribution in [1.29, 1.82) is 0 Å². The van der Waals surface area contributed by atoms with Crippen molar-refractivity contribution in [2.75, 3.05) is 6.61 Å².